The van der Waals surface area contributed by atoms with Crippen LogP contribution >= 0.6 is 9.24 Å². The first-order valence-electron chi connectivity index (χ1n) is 1.15. The van der Waals surface area contributed by atoms with Crippen LogP contribution in [0, 0.1) is 0 Å². The Morgan fingerprint density at radius 2 is 1.14 bits per heavy atom. The minimum atomic E-state index is 0.667. The summed E-state index contributed by atoms with van der Waals surface area (Å²) in [5.41, 5.74) is 0. The van der Waals surface area contributed by atoms with E-state index < -0.39 is 0 Å². The normalized spacial score (nSPS) is 3.00. The SMILES string of the molecule is C=O.C=O.O=CP. The number of hydrogen-bond acceptors (Lipinski definition) is 3. The van der Waals surface area contributed by atoms with Crippen molar-refractivity contribution in [3.05, 3.63) is 0 Å². The van der Waals surface area contributed by atoms with Crippen molar-refractivity contribution in [2.75, 3.05) is 0 Å². The number of carbonyl (C=O) groups is 3. The van der Waals surface area contributed by atoms with Crippen LogP contribution in [0.25, 0.3) is 0 Å². The number of rotatable bonds is 0. The second-order valence-electron chi connectivity index (χ2n) is 0.136. The molecule has 0 aromatic heterocycles. The molecule has 1 atom stereocenters. The van der Waals surface area contributed by atoms with E-state index in [-0.39, 0.29) is 0 Å². The molecule has 0 heterocycles. The molecule has 42 valence electrons. The minimum absolute atomic E-state index is 0.667. The molecule has 0 radical (unpaired) electrons. The second-order valence-corrected chi connectivity index (χ2v) is 0.408. The lowest BCUT2D eigenvalue weighted by Gasteiger charge is -1.24. The van der Waals surface area contributed by atoms with Gasteiger partial charge in [0.2, 0.25) is 0 Å². The lowest BCUT2D eigenvalue weighted by Crippen LogP contribution is -1.22. The quantitative estimate of drug-likeness (QED) is 0.327. The van der Waals surface area contributed by atoms with Crippen molar-refractivity contribution in [1.29, 1.82) is 0 Å². The second kappa shape index (κ2) is 554. The van der Waals surface area contributed by atoms with Crippen molar-refractivity contribution >= 4 is 28.8 Å². The Morgan fingerprint density at radius 3 is 1.14 bits per heavy atom. The van der Waals surface area contributed by atoms with E-state index in [0.717, 1.165) is 0 Å². The Kier molecular flexibility index (Phi) is 1270. The van der Waals surface area contributed by atoms with Crippen LogP contribution < -0.4 is 0 Å². The van der Waals surface area contributed by atoms with E-state index in [2.05, 4.69) is 0 Å². The number of hydrogen-bond donors (Lipinski definition) is 0. The van der Waals surface area contributed by atoms with Crippen LogP contribution in [-0.2, 0) is 14.4 Å². The Labute approximate surface area is 44.3 Å². The predicted molar refractivity (Wildman–Crippen MR) is 30.7 cm³/mol. The van der Waals surface area contributed by atoms with Crippen LogP contribution in [-0.4, -0.2) is 19.6 Å². The summed E-state index contributed by atoms with van der Waals surface area (Å²) in [6, 6.07) is 0.667. The van der Waals surface area contributed by atoms with Gasteiger partial charge in [0.25, 0.3) is 0 Å². The van der Waals surface area contributed by atoms with Gasteiger partial charge in [0, 0.05) is 0 Å². The molecular formula is C3H7O3P. The zero-order valence-electron chi connectivity index (χ0n) is 3.79. The molecule has 0 aliphatic carbocycles. The molecule has 0 amide bonds. The van der Waals surface area contributed by atoms with Gasteiger partial charge in [0.05, 0.1) is 0 Å². The Hall–Kier alpha value is -0.560. The first-order chi connectivity index (χ1) is 3.41. The third-order valence-corrected chi connectivity index (χ3v) is 0. The maximum atomic E-state index is 8.77. The highest BCUT2D eigenvalue weighted by Crippen LogP contribution is 1.53. The van der Waals surface area contributed by atoms with Gasteiger partial charge < -0.3 is 9.59 Å². The van der Waals surface area contributed by atoms with Gasteiger partial charge >= 0.3 is 0 Å². The summed E-state index contributed by atoms with van der Waals surface area (Å²) in [5, 5.41) is 0. The van der Waals surface area contributed by atoms with Crippen LogP contribution in [0.4, 0.5) is 0 Å². The highest BCUT2D eigenvalue weighted by molar-refractivity contribution is 7.36. The maximum Gasteiger partial charge on any atom is 0.135 e. The van der Waals surface area contributed by atoms with Crippen molar-refractivity contribution < 1.29 is 14.4 Å². The molecule has 0 N–H and O–H groups in total. The van der Waals surface area contributed by atoms with E-state index in [0.29, 0.717) is 6.03 Å². The third kappa shape index (κ3) is 205. The molecule has 0 aliphatic rings. The van der Waals surface area contributed by atoms with E-state index in [4.69, 9.17) is 14.4 Å². The van der Waals surface area contributed by atoms with E-state index in [1.165, 1.54) is 0 Å². The molecule has 3 nitrogen and oxygen atoms in total. The largest absolute Gasteiger partial charge is 0.307 e. The van der Waals surface area contributed by atoms with Crippen molar-refractivity contribution in [3.8, 4) is 0 Å². The zero-order chi connectivity index (χ0) is 6.71. The fraction of sp³-hybridized carbons (Fsp3) is 0. The van der Waals surface area contributed by atoms with E-state index in [1.54, 1.807) is 0 Å². The van der Waals surface area contributed by atoms with Crippen LogP contribution in [0.3, 0.4) is 0 Å². The fourth-order valence-corrected chi connectivity index (χ4v) is 0. The molecule has 0 bridgehead atoms. The van der Waals surface area contributed by atoms with Crippen molar-refractivity contribution in [1.82, 2.24) is 0 Å². The molecule has 1 unspecified atom stereocenters. The van der Waals surface area contributed by atoms with Gasteiger partial charge in [-0.1, -0.05) is 9.24 Å². The summed E-state index contributed by atoms with van der Waals surface area (Å²) in [5.74, 6) is 0. The van der Waals surface area contributed by atoms with Crippen LogP contribution in [0.15, 0.2) is 0 Å². The van der Waals surface area contributed by atoms with E-state index >= 15 is 0 Å². The minimum Gasteiger partial charge on any atom is -0.307 e. The van der Waals surface area contributed by atoms with Gasteiger partial charge in [-0.05, 0) is 0 Å². The van der Waals surface area contributed by atoms with Gasteiger partial charge in [-0.2, -0.15) is 0 Å². The summed E-state index contributed by atoms with van der Waals surface area (Å²) in [7, 11) is 1.90. The summed E-state index contributed by atoms with van der Waals surface area (Å²) >= 11 is 0. The Morgan fingerprint density at radius 1 is 1.14 bits per heavy atom. The average molecular weight is 122 g/mol. The molecule has 0 fully saturated rings. The smallest absolute Gasteiger partial charge is 0.135 e. The summed E-state index contributed by atoms with van der Waals surface area (Å²) in [6.45, 7) is 4.00. The fourth-order valence-electron chi connectivity index (χ4n) is 0. The Bertz CT molecular complexity index is 29.4. The summed E-state index contributed by atoms with van der Waals surface area (Å²) in [6.07, 6.45) is 0. The number of carbonyl (C=O) groups excluding carboxylic acids is 3. The molecule has 0 aromatic carbocycles. The lowest BCUT2D eigenvalue weighted by molar-refractivity contribution is -0.0987. The average Bonchev–Trinajstić information content (AvgIpc) is 1.78. The molecule has 4 heteroatoms. The predicted octanol–water partition coefficient (Wildman–Crippen LogP) is -0.318. The van der Waals surface area contributed by atoms with Gasteiger partial charge in [-0.15, -0.1) is 0 Å². The lowest BCUT2D eigenvalue weighted by atomic mass is 11.8. The summed E-state index contributed by atoms with van der Waals surface area (Å²) < 4.78 is 0. The molecule has 0 aliphatic heterocycles. The van der Waals surface area contributed by atoms with Crippen molar-refractivity contribution in [2.45, 2.75) is 0 Å². The highest BCUT2D eigenvalue weighted by Gasteiger charge is 1.23. The monoisotopic (exact) mass is 122 g/mol. The summed E-state index contributed by atoms with van der Waals surface area (Å²) in [4.78, 5) is 24.8. The molecule has 0 aromatic rings. The standard InChI is InChI=1S/CH3OP.2CH2O/c2-1-3;2*1-2/h1H,3H2;2*1H2. The zero-order valence-corrected chi connectivity index (χ0v) is 4.95. The maximum absolute atomic E-state index is 8.77. The third-order valence-electron chi connectivity index (χ3n) is 0. The highest BCUT2D eigenvalue weighted by atomic mass is 31.0. The molecule has 0 spiro atoms. The van der Waals surface area contributed by atoms with Crippen LogP contribution in [0.2, 0.25) is 0 Å². The van der Waals surface area contributed by atoms with Crippen LogP contribution in [0.1, 0.15) is 0 Å². The Balaban J connectivity index is -0.0000000360. The van der Waals surface area contributed by atoms with Crippen molar-refractivity contribution in [3.63, 3.8) is 0 Å². The van der Waals surface area contributed by atoms with Gasteiger partial charge in [0.1, 0.15) is 19.6 Å². The van der Waals surface area contributed by atoms with E-state index in [9.17, 15) is 0 Å². The molecular weight excluding hydrogens is 115 g/mol. The van der Waals surface area contributed by atoms with E-state index in [1.807, 2.05) is 22.8 Å². The molecule has 7 heavy (non-hydrogen) atoms. The van der Waals surface area contributed by atoms with Crippen molar-refractivity contribution in [2.24, 2.45) is 0 Å². The first-order valence-corrected chi connectivity index (χ1v) is 1.81. The van der Waals surface area contributed by atoms with Gasteiger partial charge in [-0.25, -0.2) is 0 Å². The van der Waals surface area contributed by atoms with Gasteiger partial charge in [-0.3, -0.25) is 4.79 Å². The molecule has 0 saturated heterocycles. The van der Waals surface area contributed by atoms with Crippen LogP contribution in [0.5, 0.6) is 0 Å². The first kappa shape index (κ1) is 16.1. The topological polar surface area (TPSA) is 51.2 Å². The molecule has 0 rings (SSSR count). The van der Waals surface area contributed by atoms with Gasteiger partial charge in [0.15, 0.2) is 0 Å². The molecule has 0 saturated carbocycles.